The predicted octanol–water partition coefficient (Wildman–Crippen LogP) is 2.10. The number of fused-ring (bicyclic) bond motifs is 1. The average molecular weight is 411 g/mol. The molecule has 2 aromatic carbocycles. The quantitative estimate of drug-likeness (QED) is 0.667. The highest BCUT2D eigenvalue weighted by Gasteiger charge is 2.18. The van der Waals surface area contributed by atoms with Gasteiger partial charge in [-0.1, -0.05) is 30.0 Å². The molecule has 9 heteroatoms. The number of amides is 1. The molecule has 0 unspecified atom stereocenters. The summed E-state index contributed by atoms with van der Waals surface area (Å²) in [6.45, 7) is 0.654. The van der Waals surface area contributed by atoms with E-state index in [2.05, 4.69) is 10.3 Å². The van der Waals surface area contributed by atoms with Crippen LogP contribution in [0.3, 0.4) is 0 Å². The van der Waals surface area contributed by atoms with Crippen molar-refractivity contribution in [2.24, 2.45) is 0 Å². The maximum Gasteiger partial charge on any atom is 0.328 e. The molecule has 0 radical (unpaired) electrons. The summed E-state index contributed by atoms with van der Waals surface area (Å²) in [7, 11) is 0. The molecule has 4 rings (SSSR count). The number of hydrogen-bond acceptors (Lipinski definition) is 6. The van der Waals surface area contributed by atoms with Gasteiger partial charge in [0.05, 0.1) is 5.69 Å². The Morgan fingerprint density at radius 1 is 1.07 bits per heavy atom. The molecular formula is C20H17N3O5S. The van der Waals surface area contributed by atoms with Gasteiger partial charge in [0.15, 0.2) is 11.5 Å². The van der Waals surface area contributed by atoms with E-state index in [4.69, 9.17) is 9.47 Å². The molecule has 1 aromatic heterocycles. The molecule has 0 saturated heterocycles. The standard InChI is InChI=1S/C20H17N3O5S/c24-18-6-7-23(20(26)22-18)12-19(25)21-14-10-15-16(28-9-8-27-15)11-17(14)29-13-4-2-1-3-5-13/h1-7,10-11H,8-9,12H2,(H,21,25)(H,22,24,26). The van der Waals surface area contributed by atoms with Crippen molar-refractivity contribution in [3.05, 3.63) is 75.6 Å². The zero-order chi connectivity index (χ0) is 20.2. The van der Waals surface area contributed by atoms with Gasteiger partial charge < -0.3 is 14.8 Å². The van der Waals surface area contributed by atoms with Crippen molar-refractivity contribution in [3.8, 4) is 11.5 Å². The van der Waals surface area contributed by atoms with Crippen molar-refractivity contribution in [1.82, 2.24) is 9.55 Å². The van der Waals surface area contributed by atoms with Crippen LogP contribution in [0.15, 0.2) is 74.1 Å². The third kappa shape index (κ3) is 4.52. The fourth-order valence-electron chi connectivity index (χ4n) is 2.78. The summed E-state index contributed by atoms with van der Waals surface area (Å²) in [5.41, 5.74) is -0.612. The molecule has 148 valence electrons. The highest BCUT2D eigenvalue weighted by Crippen LogP contribution is 2.42. The van der Waals surface area contributed by atoms with Crippen LogP contribution in [0.2, 0.25) is 0 Å². The van der Waals surface area contributed by atoms with Crippen LogP contribution in [0.4, 0.5) is 5.69 Å². The van der Waals surface area contributed by atoms with E-state index in [-0.39, 0.29) is 6.54 Å². The lowest BCUT2D eigenvalue weighted by molar-refractivity contribution is -0.116. The zero-order valence-electron chi connectivity index (χ0n) is 15.2. The number of nitrogens with zero attached hydrogens (tertiary/aromatic N) is 1. The van der Waals surface area contributed by atoms with E-state index in [0.29, 0.717) is 30.4 Å². The average Bonchev–Trinajstić information content (AvgIpc) is 2.71. The molecule has 1 aliphatic rings. The second-order valence-corrected chi connectivity index (χ2v) is 7.31. The topological polar surface area (TPSA) is 102 Å². The molecule has 0 atom stereocenters. The zero-order valence-corrected chi connectivity index (χ0v) is 16.0. The molecule has 0 saturated carbocycles. The van der Waals surface area contributed by atoms with Crippen LogP contribution in [-0.4, -0.2) is 28.7 Å². The van der Waals surface area contributed by atoms with Crippen LogP contribution < -0.4 is 26.0 Å². The molecule has 1 amide bonds. The van der Waals surface area contributed by atoms with Crippen molar-refractivity contribution in [3.63, 3.8) is 0 Å². The molecule has 0 bridgehead atoms. The summed E-state index contributed by atoms with van der Waals surface area (Å²) < 4.78 is 12.4. The summed E-state index contributed by atoms with van der Waals surface area (Å²) in [5.74, 6) is 0.750. The van der Waals surface area contributed by atoms with E-state index in [1.807, 2.05) is 36.4 Å². The molecule has 0 aliphatic carbocycles. The molecule has 29 heavy (non-hydrogen) atoms. The lowest BCUT2D eigenvalue weighted by atomic mass is 10.2. The minimum Gasteiger partial charge on any atom is -0.486 e. The first-order valence-electron chi connectivity index (χ1n) is 8.85. The maximum absolute atomic E-state index is 12.5. The van der Waals surface area contributed by atoms with Crippen molar-refractivity contribution in [2.75, 3.05) is 18.5 Å². The van der Waals surface area contributed by atoms with Gasteiger partial charge in [-0.2, -0.15) is 0 Å². The number of rotatable bonds is 5. The minimum atomic E-state index is -0.645. The SMILES string of the molecule is O=C(Cn1ccc(=O)[nH]c1=O)Nc1cc2c(cc1Sc1ccccc1)OCCO2. The molecule has 1 aliphatic heterocycles. The van der Waals surface area contributed by atoms with E-state index in [9.17, 15) is 14.4 Å². The van der Waals surface area contributed by atoms with Gasteiger partial charge in [-0.3, -0.25) is 19.1 Å². The number of H-pyrrole nitrogens is 1. The fourth-order valence-corrected chi connectivity index (χ4v) is 3.71. The van der Waals surface area contributed by atoms with Gasteiger partial charge in [0, 0.05) is 34.2 Å². The Hall–Kier alpha value is -3.46. The lowest BCUT2D eigenvalue weighted by Crippen LogP contribution is -2.32. The first-order chi connectivity index (χ1) is 14.1. The maximum atomic E-state index is 12.5. The van der Waals surface area contributed by atoms with Crippen molar-refractivity contribution >= 4 is 23.4 Å². The van der Waals surface area contributed by atoms with Crippen LogP contribution in [0.25, 0.3) is 0 Å². The summed E-state index contributed by atoms with van der Waals surface area (Å²) >= 11 is 1.47. The van der Waals surface area contributed by atoms with E-state index in [1.165, 1.54) is 24.0 Å². The Kier molecular flexibility index (Phi) is 5.39. The molecular weight excluding hydrogens is 394 g/mol. The number of aromatic amines is 1. The second-order valence-electron chi connectivity index (χ2n) is 6.19. The number of benzene rings is 2. The number of ether oxygens (including phenoxy) is 2. The summed E-state index contributed by atoms with van der Waals surface area (Å²) in [6.07, 6.45) is 1.28. The Morgan fingerprint density at radius 3 is 2.52 bits per heavy atom. The fraction of sp³-hybridized carbons (Fsp3) is 0.150. The Labute approximate surface area is 169 Å². The van der Waals surface area contributed by atoms with Gasteiger partial charge >= 0.3 is 5.69 Å². The molecule has 2 N–H and O–H groups in total. The van der Waals surface area contributed by atoms with E-state index in [0.717, 1.165) is 14.4 Å². The summed E-state index contributed by atoms with van der Waals surface area (Å²) in [5, 5.41) is 2.82. The first kappa shape index (κ1) is 18.9. The largest absolute Gasteiger partial charge is 0.486 e. The van der Waals surface area contributed by atoms with Crippen molar-refractivity contribution in [1.29, 1.82) is 0 Å². The van der Waals surface area contributed by atoms with E-state index < -0.39 is 17.2 Å². The molecule has 0 fully saturated rings. The van der Waals surface area contributed by atoms with Gasteiger partial charge in [0.1, 0.15) is 19.8 Å². The smallest absolute Gasteiger partial charge is 0.328 e. The lowest BCUT2D eigenvalue weighted by Gasteiger charge is -2.21. The highest BCUT2D eigenvalue weighted by molar-refractivity contribution is 7.99. The Morgan fingerprint density at radius 2 is 1.79 bits per heavy atom. The van der Waals surface area contributed by atoms with Crippen LogP contribution >= 0.6 is 11.8 Å². The third-order valence-electron chi connectivity index (χ3n) is 4.10. The number of carbonyl (C=O) groups is 1. The molecule has 3 aromatic rings. The Bertz CT molecular complexity index is 1160. The Balaban J connectivity index is 1.61. The first-order valence-corrected chi connectivity index (χ1v) is 9.66. The highest BCUT2D eigenvalue weighted by atomic mass is 32.2. The molecule has 0 spiro atoms. The number of aromatic nitrogens is 2. The van der Waals surface area contributed by atoms with Crippen LogP contribution in [0, 0.1) is 0 Å². The predicted molar refractivity (Wildman–Crippen MR) is 108 cm³/mol. The summed E-state index contributed by atoms with van der Waals surface area (Å²) in [4.78, 5) is 39.4. The van der Waals surface area contributed by atoms with Crippen LogP contribution in [0.5, 0.6) is 11.5 Å². The summed E-state index contributed by atoms with van der Waals surface area (Å²) in [6, 6.07) is 14.5. The van der Waals surface area contributed by atoms with Crippen LogP contribution in [-0.2, 0) is 11.3 Å². The van der Waals surface area contributed by atoms with Crippen molar-refractivity contribution in [2.45, 2.75) is 16.3 Å². The monoisotopic (exact) mass is 411 g/mol. The van der Waals surface area contributed by atoms with E-state index >= 15 is 0 Å². The minimum absolute atomic E-state index is 0.237. The number of carbonyl (C=O) groups excluding carboxylic acids is 1. The second kappa shape index (κ2) is 8.27. The van der Waals surface area contributed by atoms with Gasteiger partial charge in [-0.05, 0) is 12.1 Å². The van der Waals surface area contributed by atoms with Crippen molar-refractivity contribution < 1.29 is 14.3 Å². The third-order valence-corrected chi connectivity index (χ3v) is 5.17. The molecule has 2 heterocycles. The number of nitrogens with one attached hydrogen (secondary N) is 2. The van der Waals surface area contributed by atoms with Crippen LogP contribution in [0.1, 0.15) is 0 Å². The van der Waals surface area contributed by atoms with Gasteiger partial charge in [0.25, 0.3) is 5.56 Å². The van der Waals surface area contributed by atoms with Gasteiger partial charge in [-0.25, -0.2) is 4.79 Å². The number of anilines is 1. The van der Waals surface area contributed by atoms with Gasteiger partial charge in [0.2, 0.25) is 5.91 Å². The number of hydrogen-bond donors (Lipinski definition) is 2. The van der Waals surface area contributed by atoms with E-state index in [1.54, 1.807) is 6.07 Å². The normalized spacial score (nSPS) is 12.4. The van der Waals surface area contributed by atoms with Gasteiger partial charge in [-0.15, -0.1) is 0 Å². The molecule has 8 nitrogen and oxygen atoms in total.